The Labute approximate surface area is 189 Å². The number of rotatable bonds is 3. The predicted molar refractivity (Wildman–Crippen MR) is 129 cm³/mol. The smallest absolute Gasteiger partial charge is 0.275 e. The van der Waals surface area contributed by atoms with E-state index in [9.17, 15) is 4.79 Å². The Balaban J connectivity index is 1.39. The van der Waals surface area contributed by atoms with Crippen LogP contribution in [-0.4, -0.2) is 67.8 Å². The Hall–Kier alpha value is -3.98. The monoisotopic (exact) mass is 440 g/mol. The molecule has 166 valence electrons. The third kappa shape index (κ3) is 3.46. The van der Waals surface area contributed by atoms with Gasteiger partial charge in [-0.25, -0.2) is 9.97 Å². The van der Waals surface area contributed by atoms with E-state index in [-0.39, 0.29) is 5.56 Å². The number of nitrogens with zero attached hydrogens (tertiary/aromatic N) is 6. The van der Waals surface area contributed by atoms with Crippen LogP contribution in [-0.2, 0) is 7.05 Å². The van der Waals surface area contributed by atoms with Crippen LogP contribution in [0.4, 0.5) is 5.69 Å². The molecule has 1 aliphatic heterocycles. The lowest BCUT2D eigenvalue weighted by Crippen LogP contribution is -2.44. The number of hydrogen-bond acceptors (Lipinski definition) is 6. The fourth-order valence-corrected chi connectivity index (χ4v) is 4.41. The van der Waals surface area contributed by atoms with Crippen molar-refractivity contribution in [2.24, 2.45) is 7.05 Å². The molecular weight excluding hydrogens is 416 g/mol. The maximum Gasteiger partial charge on any atom is 0.275 e. The fourth-order valence-electron chi connectivity index (χ4n) is 4.41. The highest BCUT2D eigenvalue weighted by Gasteiger charge is 2.16. The second-order valence-corrected chi connectivity index (χ2v) is 8.62. The first kappa shape index (κ1) is 19.7. The molecule has 1 aliphatic rings. The second-order valence-electron chi connectivity index (χ2n) is 8.62. The van der Waals surface area contributed by atoms with Crippen LogP contribution < -0.4 is 10.5 Å². The first-order chi connectivity index (χ1) is 16.0. The highest BCUT2D eigenvalue weighted by Crippen LogP contribution is 2.29. The van der Waals surface area contributed by atoms with Crippen molar-refractivity contribution < 1.29 is 0 Å². The van der Waals surface area contributed by atoms with Crippen LogP contribution in [0.25, 0.3) is 44.6 Å². The van der Waals surface area contributed by atoms with Crippen molar-refractivity contribution in [1.82, 2.24) is 34.6 Å². The molecule has 5 aromatic rings. The normalized spacial score (nSPS) is 15.0. The average Bonchev–Trinajstić information content (AvgIpc) is 3.43. The van der Waals surface area contributed by atoms with Gasteiger partial charge >= 0.3 is 0 Å². The summed E-state index contributed by atoms with van der Waals surface area (Å²) in [7, 11) is 3.99. The maximum absolute atomic E-state index is 12.7. The zero-order chi connectivity index (χ0) is 22.5. The van der Waals surface area contributed by atoms with Gasteiger partial charge in [0.05, 0.1) is 11.8 Å². The molecule has 1 aromatic carbocycles. The number of anilines is 1. The van der Waals surface area contributed by atoms with E-state index in [1.807, 2.05) is 25.5 Å². The molecule has 33 heavy (non-hydrogen) atoms. The summed E-state index contributed by atoms with van der Waals surface area (Å²) in [6.07, 6.45) is 5.34. The van der Waals surface area contributed by atoms with E-state index in [0.29, 0.717) is 22.5 Å². The van der Waals surface area contributed by atoms with Crippen LogP contribution in [0, 0.1) is 0 Å². The van der Waals surface area contributed by atoms with Gasteiger partial charge in [-0.3, -0.25) is 9.48 Å². The van der Waals surface area contributed by atoms with Gasteiger partial charge in [-0.2, -0.15) is 5.10 Å². The van der Waals surface area contributed by atoms with Crippen LogP contribution in [0.3, 0.4) is 0 Å². The number of likely N-dealkylation sites (N-methyl/N-ethyl adjacent to an activating group) is 1. The lowest BCUT2D eigenvalue weighted by molar-refractivity contribution is 0.313. The molecular formula is C24H24N8O. The Bertz CT molecular complexity index is 1520. The minimum Gasteiger partial charge on any atom is -0.369 e. The molecule has 0 atom stereocenters. The summed E-state index contributed by atoms with van der Waals surface area (Å²) in [6, 6.07) is 10.7. The number of piperazine rings is 1. The summed E-state index contributed by atoms with van der Waals surface area (Å²) in [5, 5.41) is 5.00. The fraction of sp³-hybridized carbons (Fsp3) is 0.250. The molecule has 0 spiro atoms. The standard InChI is InChI=1S/C24H24N8O/c1-30-7-9-32(10-8-30)18-5-3-15(4-6-18)16-11-19-20-21(28-23(19)25-12-16)24(33)29-22(27-20)17-13-26-31(2)14-17/h3-6,11-14H,7-10H2,1-2H3,(H,25,28)(H,27,29,33). The van der Waals surface area contributed by atoms with E-state index in [2.05, 4.69) is 61.2 Å². The minimum atomic E-state index is -0.227. The molecule has 9 heteroatoms. The number of nitrogens with one attached hydrogen (secondary N) is 2. The first-order valence-electron chi connectivity index (χ1n) is 11.0. The molecule has 0 aliphatic carbocycles. The van der Waals surface area contributed by atoms with Crippen molar-refractivity contribution in [3.05, 3.63) is 59.3 Å². The lowest BCUT2D eigenvalue weighted by atomic mass is 10.1. The Morgan fingerprint density at radius 2 is 1.70 bits per heavy atom. The molecule has 1 saturated heterocycles. The first-order valence-corrected chi connectivity index (χ1v) is 11.0. The van der Waals surface area contributed by atoms with Crippen LogP contribution in [0.5, 0.6) is 0 Å². The van der Waals surface area contributed by atoms with Gasteiger partial charge in [-0.05, 0) is 30.8 Å². The molecule has 0 amide bonds. The summed E-state index contributed by atoms with van der Waals surface area (Å²) in [5.41, 5.74) is 5.51. The van der Waals surface area contributed by atoms with E-state index < -0.39 is 0 Å². The van der Waals surface area contributed by atoms with Gasteiger partial charge in [0.1, 0.15) is 22.5 Å². The molecule has 0 saturated carbocycles. The maximum atomic E-state index is 12.7. The van der Waals surface area contributed by atoms with Crippen LogP contribution in [0.2, 0.25) is 0 Å². The molecule has 6 rings (SSSR count). The zero-order valence-electron chi connectivity index (χ0n) is 18.5. The zero-order valence-corrected chi connectivity index (χ0v) is 18.5. The largest absolute Gasteiger partial charge is 0.369 e. The lowest BCUT2D eigenvalue weighted by Gasteiger charge is -2.34. The Morgan fingerprint density at radius 3 is 2.42 bits per heavy atom. The summed E-state index contributed by atoms with van der Waals surface area (Å²) in [5.74, 6) is 0.489. The summed E-state index contributed by atoms with van der Waals surface area (Å²) in [6.45, 7) is 4.24. The quantitative estimate of drug-likeness (QED) is 0.448. The topological polar surface area (TPSA) is 98.7 Å². The number of H-pyrrole nitrogens is 2. The molecule has 0 unspecified atom stereocenters. The molecule has 9 nitrogen and oxygen atoms in total. The summed E-state index contributed by atoms with van der Waals surface area (Å²) >= 11 is 0. The van der Waals surface area contributed by atoms with E-state index in [4.69, 9.17) is 4.98 Å². The average molecular weight is 441 g/mol. The summed E-state index contributed by atoms with van der Waals surface area (Å²) < 4.78 is 1.68. The van der Waals surface area contributed by atoms with E-state index in [0.717, 1.165) is 48.3 Å². The second kappa shape index (κ2) is 7.56. The molecule has 5 heterocycles. The van der Waals surface area contributed by atoms with E-state index in [1.165, 1.54) is 5.69 Å². The molecule has 0 radical (unpaired) electrons. The third-order valence-electron chi connectivity index (χ3n) is 6.35. The summed E-state index contributed by atoms with van der Waals surface area (Å²) in [4.78, 5) is 32.8. The highest BCUT2D eigenvalue weighted by atomic mass is 16.1. The van der Waals surface area contributed by atoms with Crippen molar-refractivity contribution in [2.75, 3.05) is 38.1 Å². The number of aromatic nitrogens is 6. The SMILES string of the molecule is CN1CCN(c2ccc(-c3cnc4[nH]c5c(=O)[nH]c(-c6cnn(C)c6)nc5c4c3)cc2)CC1. The van der Waals surface area contributed by atoms with Crippen LogP contribution in [0.1, 0.15) is 0 Å². The van der Waals surface area contributed by atoms with E-state index >= 15 is 0 Å². The van der Waals surface area contributed by atoms with Gasteiger partial charge in [-0.1, -0.05) is 12.1 Å². The van der Waals surface area contributed by atoms with Crippen molar-refractivity contribution >= 4 is 27.8 Å². The number of aromatic amines is 2. The van der Waals surface area contributed by atoms with Crippen molar-refractivity contribution in [3.63, 3.8) is 0 Å². The van der Waals surface area contributed by atoms with Gasteiger partial charge < -0.3 is 19.8 Å². The van der Waals surface area contributed by atoms with Gasteiger partial charge in [0, 0.05) is 62.3 Å². The minimum absolute atomic E-state index is 0.227. The van der Waals surface area contributed by atoms with Gasteiger partial charge in [-0.15, -0.1) is 0 Å². The molecule has 4 aromatic heterocycles. The molecule has 0 bridgehead atoms. The van der Waals surface area contributed by atoms with Crippen LogP contribution in [0.15, 0.2) is 53.7 Å². The Morgan fingerprint density at radius 1 is 0.909 bits per heavy atom. The Kier molecular flexibility index (Phi) is 4.51. The third-order valence-corrected chi connectivity index (χ3v) is 6.35. The van der Waals surface area contributed by atoms with Gasteiger partial charge in [0.2, 0.25) is 0 Å². The van der Waals surface area contributed by atoms with Crippen molar-refractivity contribution in [3.8, 4) is 22.5 Å². The number of fused-ring (bicyclic) bond motifs is 3. The van der Waals surface area contributed by atoms with Gasteiger partial charge in [0.25, 0.3) is 5.56 Å². The molecule has 2 N–H and O–H groups in total. The number of benzene rings is 1. The van der Waals surface area contributed by atoms with Crippen molar-refractivity contribution in [1.29, 1.82) is 0 Å². The van der Waals surface area contributed by atoms with Crippen molar-refractivity contribution in [2.45, 2.75) is 0 Å². The number of hydrogen-bond donors (Lipinski definition) is 2. The number of aryl methyl sites for hydroxylation is 1. The highest BCUT2D eigenvalue weighted by molar-refractivity contribution is 6.04. The van der Waals surface area contributed by atoms with Crippen LogP contribution >= 0.6 is 0 Å². The van der Waals surface area contributed by atoms with Gasteiger partial charge in [0.15, 0.2) is 0 Å². The predicted octanol–water partition coefficient (Wildman–Crippen LogP) is 2.62. The number of pyridine rings is 1. The van der Waals surface area contributed by atoms with E-state index in [1.54, 1.807) is 10.9 Å². The molecule has 1 fully saturated rings.